The average molecular weight is 548 g/mol. The second-order valence-electron chi connectivity index (χ2n) is 8.74. The number of hydrogen-bond acceptors (Lipinski definition) is 7. The van der Waals surface area contributed by atoms with Crippen molar-refractivity contribution in [1.82, 2.24) is 14.7 Å². The molecule has 0 aromatic heterocycles. The second kappa shape index (κ2) is 12.3. The monoisotopic (exact) mass is 547 g/mol. The van der Waals surface area contributed by atoms with E-state index in [1.54, 1.807) is 20.8 Å². The van der Waals surface area contributed by atoms with Crippen molar-refractivity contribution in [1.29, 1.82) is 0 Å². The number of halogens is 3. The number of amides is 2. The molecule has 0 aliphatic carbocycles. The van der Waals surface area contributed by atoms with E-state index >= 15 is 0 Å². The topological polar surface area (TPSA) is 114 Å². The summed E-state index contributed by atoms with van der Waals surface area (Å²) in [5, 5.41) is 0. The number of rotatable bonds is 10. The SMILES string of the molecule is CONC(=O)CN(CCN(C)C(=O)OC(C)(C)C)S(=O)(=O)c1cc(F)c(Oc2ccc(F)cc2)c(F)c1. The molecule has 0 aliphatic rings. The fourth-order valence-corrected chi connectivity index (χ4v) is 4.25. The minimum Gasteiger partial charge on any atom is -0.451 e. The zero-order chi connectivity index (χ0) is 28.0. The summed E-state index contributed by atoms with van der Waals surface area (Å²) in [4.78, 5) is 29.1. The molecule has 0 unspecified atom stereocenters. The zero-order valence-electron chi connectivity index (χ0n) is 20.9. The Balaban J connectivity index is 2.32. The Kier molecular flexibility index (Phi) is 9.89. The van der Waals surface area contributed by atoms with Crippen LogP contribution in [0.3, 0.4) is 0 Å². The van der Waals surface area contributed by atoms with E-state index in [2.05, 4.69) is 4.84 Å². The molecule has 0 aliphatic heterocycles. The van der Waals surface area contributed by atoms with Gasteiger partial charge in [-0.25, -0.2) is 31.9 Å². The molecule has 1 N–H and O–H groups in total. The first-order valence-electron chi connectivity index (χ1n) is 10.8. The summed E-state index contributed by atoms with van der Waals surface area (Å²) < 4.78 is 80.0. The Morgan fingerprint density at radius 1 is 1.00 bits per heavy atom. The highest BCUT2D eigenvalue weighted by molar-refractivity contribution is 7.89. The number of hydroxylamine groups is 1. The lowest BCUT2D eigenvalue weighted by molar-refractivity contribution is -0.131. The van der Waals surface area contributed by atoms with Crippen molar-refractivity contribution in [3.8, 4) is 11.5 Å². The number of sulfonamides is 1. The molecular weight excluding hydrogens is 519 g/mol. The summed E-state index contributed by atoms with van der Waals surface area (Å²) >= 11 is 0. The van der Waals surface area contributed by atoms with Crippen LogP contribution in [0.2, 0.25) is 0 Å². The Labute approximate surface area is 212 Å². The van der Waals surface area contributed by atoms with Crippen LogP contribution >= 0.6 is 0 Å². The third kappa shape index (κ3) is 8.61. The van der Waals surface area contributed by atoms with Gasteiger partial charge in [0.15, 0.2) is 17.4 Å². The predicted octanol–water partition coefficient (Wildman–Crippen LogP) is 3.43. The van der Waals surface area contributed by atoms with Gasteiger partial charge in [0.25, 0.3) is 5.91 Å². The van der Waals surface area contributed by atoms with Gasteiger partial charge in [-0.15, -0.1) is 0 Å². The molecule has 0 heterocycles. The number of nitrogens with zero attached hydrogens (tertiary/aromatic N) is 2. The van der Waals surface area contributed by atoms with Gasteiger partial charge in [0.05, 0.1) is 18.6 Å². The highest BCUT2D eigenvalue weighted by Gasteiger charge is 2.30. The zero-order valence-corrected chi connectivity index (χ0v) is 21.7. The minimum atomic E-state index is -4.66. The van der Waals surface area contributed by atoms with Crippen molar-refractivity contribution >= 4 is 22.0 Å². The third-order valence-corrected chi connectivity index (χ3v) is 6.39. The number of likely N-dealkylation sites (N-methyl/N-ethyl adjacent to an activating group) is 1. The smallest absolute Gasteiger partial charge is 0.410 e. The number of carbonyl (C=O) groups is 2. The number of ether oxygens (including phenoxy) is 2. The lowest BCUT2D eigenvalue weighted by Crippen LogP contribution is -2.45. The van der Waals surface area contributed by atoms with Gasteiger partial charge in [0.2, 0.25) is 10.0 Å². The molecule has 0 saturated carbocycles. The summed E-state index contributed by atoms with van der Waals surface area (Å²) in [6.45, 7) is 3.53. The molecule has 0 bridgehead atoms. The lowest BCUT2D eigenvalue weighted by Gasteiger charge is -2.27. The standard InChI is InChI=1S/C23H28F3N3O7S/c1-23(2,3)36-22(31)28(4)10-11-29(14-20(30)27-34-5)37(32,33)17-12-18(25)21(19(26)13-17)35-16-8-6-15(24)7-9-16/h6-9,12-13H,10-11,14H2,1-5H3,(H,27,30). The van der Waals surface area contributed by atoms with Gasteiger partial charge in [-0.05, 0) is 57.2 Å². The van der Waals surface area contributed by atoms with E-state index in [1.165, 1.54) is 7.05 Å². The molecule has 0 fully saturated rings. The van der Waals surface area contributed by atoms with E-state index < -0.39 is 68.8 Å². The van der Waals surface area contributed by atoms with Gasteiger partial charge in [-0.2, -0.15) is 4.31 Å². The fourth-order valence-electron chi connectivity index (χ4n) is 2.84. The molecule has 10 nitrogen and oxygen atoms in total. The molecule has 2 aromatic rings. The first kappa shape index (κ1) is 29.9. The minimum absolute atomic E-state index is 0.0853. The quantitative estimate of drug-likeness (QED) is 0.454. The summed E-state index contributed by atoms with van der Waals surface area (Å²) in [5.41, 5.74) is 1.16. The van der Waals surface area contributed by atoms with E-state index in [1.807, 2.05) is 5.48 Å². The highest BCUT2D eigenvalue weighted by Crippen LogP contribution is 2.31. The molecule has 0 spiro atoms. The molecule has 2 rings (SSSR count). The molecule has 37 heavy (non-hydrogen) atoms. The summed E-state index contributed by atoms with van der Waals surface area (Å²) in [7, 11) is -2.17. The van der Waals surface area contributed by atoms with E-state index in [4.69, 9.17) is 9.47 Å². The Hall–Kier alpha value is -3.36. The molecule has 0 saturated heterocycles. The Bertz CT molecular complexity index is 1200. The molecule has 0 atom stereocenters. The fraction of sp³-hybridized carbons (Fsp3) is 0.391. The first-order chi connectivity index (χ1) is 17.1. The van der Waals surface area contributed by atoms with Crippen molar-refractivity contribution < 1.29 is 45.5 Å². The van der Waals surface area contributed by atoms with Crippen LogP contribution < -0.4 is 10.2 Å². The van der Waals surface area contributed by atoms with Crippen LogP contribution in [0.5, 0.6) is 11.5 Å². The largest absolute Gasteiger partial charge is 0.451 e. The van der Waals surface area contributed by atoms with E-state index in [9.17, 15) is 31.2 Å². The second-order valence-corrected chi connectivity index (χ2v) is 10.7. The normalized spacial score (nSPS) is 11.8. The van der Waals surface area contributed by atoms with Crippen molar-refractivity contribution in [2.75, 3.05) is 33.8 Å². The Morgan fingerprint density at radius 2 is 1.57 bits per heavy atom. The van der Waals surface area contributed by atoms with Crippen LogP contribution in [0, 0.1) is 17.5 Å². The molecular formula is C23H28F3N3O7S. The molecule has 204 valence electrons. The summed E-state index contributed by atoms with van der Waals surface area (Å²) in [6.07, 6.45) is -0.745. The van der Waals surface area contributed by atoms with Gasteiger partial charge in [-0.1, -0.05) is 0 Å². The van der Waals surface area contributed by atoms with Crippen LogP contribution in [0.15, 0.2) is 41.3 Å². The highest BCUT2D eigenvalue weighted by atomic mass is 32.2. The maximum Gasteiger partial charge on any atom is 0.410 e. The van der Waals surface area contributed by atoms with E-state index in [0.29, 0.717) is 16.4 Å². The van der Waals surface area contributed by atoms with Gasteiger partial charge in [0, 0.05) is 20.1 Å². The number of nitrogens with one attached hydrogen (secondary N) is 1. The van der Waals surface area contributed by atoms with E-state index in [0.717, 1.165) is 36.3 Å². The van der Waals surface area contributed by atoms with Crippen LogP contribution in [0.4, 0.5) is 18.0 Å². The van der Waals surface area contributed by atoms with Crippen molar-refractivity contribution in [2.45, 2.75) is 31.3 Å². The number of carbonyl (C=O) groups excluding carboxylic acids is 2. The van der Waals surface area contributed by atoms with Crippen LogP contribution in [-0.2, 0) is 24.4 Å². The molecule has 2 aromatic carbocycles. The van der Waals surface area contributed by atoms with E-state index in [-0.39, 0.29) is 12.3 Å². The Morgan fingerprint density at radius 3 is 2.08 bits per heavy atom. The number of benzene rings is 2. The predicted molar refractivity (Wildman–Crippen MR) is 126 cm³/mol. The van der Waals surface area contributed by atoms with Crippen LogP contribution in [-0.4, -0.2) is 69.0 Å². The van der Waals surface area contributed by atoms with Crippen molar-refractivity contribution in [3.63, 3.8) is 0 Å². The maximum absolute atomic E-state index is 14.7. The lowest BCUT2D eigenvalue weighted by atomic mass is 10.2. The van der Waals surface area contributed by atoms with Gasteiger partial charge < -0.3 is 14.4 Å². The van der Waals surface area contributed by atoms with Crippen LogP contribution in [0.25, 0.3) is 0 Å². The molecule has 14 heteroatoms. The van der Waals surface area contributed by atoms with Crippen molar-refractivity contribution in [3.05, 3.63) is 53.8 Å². The molecule has 2 amide bonds. The van der Waals surface area contributed by atoms with Gasteiger partial charge >= 0.3 is 6.09 Å². The third-order valence-electron chi connectivity index (χ3n) is 4.57. The number of hydrogen-bond donors (Lipinski definition) is 1. The average Bonchev–Trinajstić information content (AvgIpc) is 2.78. The first-order valence-corrected chi connectivity index (χ1v) is 12.3. The maximum atomic E-state index is 14.7. The van der Waals surface area contributed by atoms with Crippen molar-refractivity contribution in [2.24, 2.45) is 0 Å². The van der Waals surface area contributed by atoms with Gasteiger partial charge in [0.1, 0.15) is 17.2 Å². The van der Waals surface area contributed by atoms with Crippen LogP contribution in [0.1, 0.15) is 20.8 Å². The molecule has 0 radical (unpaired) electrons. The van der Waals surface area contributed by atoms with Gasteiger partial charge in [-0.3, -0.25) is 9.63 Å². The summed E-state index contributed by atoms with van der Waals surface area (Å²) in [6, 6.07) is 5.35. The summed E-state index contributed by atoms with van der Waals surface area (Å²) in [5.74, 6) is -5.16.